The second kappa shape index (κ2) is 5.01. The third kappa shape index (κ3) is 2.66. The Bertz CT molecular complexity index is 448. The number of phenolic OH excluding ortho intramolecular Hbond substituents is 1. The standard InChI is InChI=1S/C15H21NO2/c1-11-6-5-7-12(13(11)17)14(18)16-10-15(2)8-3-4-9-15/h5-7,17H,3-4,8-10H2,1-2H3,(H,16,18). The van der Waals surface area contributed by atoms with E-state index in [-0.39, 0.29) is 17.1 Å². The van der Waals surface area contributed by atoms with Gasteiger partial charge in [0.2, 0.25) is 0 Å². The number of rotatable bonds is 3. The molecule has 0 bridgehead atoms. The highest BCUT2D eigenvalue weighted by molar-refractivity contribution is 5.97. The first-order valence-electron chi connectivity index (χ1n) is 6.59. The van der Waals surface area contributed by atoms with E-state index in [0.29, 0.717) is 12.1 Å². The second-order valence-electron chi connectivity index (χ2n) is 5.67. The molecule has 1 amide bonds. The van der Waals surface area contributed by atoms with Gasteiger partial charge in [-0.05, 0) is 36.8 Å². The first kappa shape index (κ1) is 12.9. The maximum atomic E-state index is 12.0. The molecule has 18 heavy (non-hydrogen) atoms. The molecule has 3 nitrogen and oxygen atoms in total. The Morgan fingerprint density at radius 2 is 2.06 bits per heavy atom. The van der Waals surface area contributed by atoms with E-state index in [2.05, 4.69) is 12.2 Å². The molecule has 0 heterocycles. The highest BCUT2D eigenvalue weighted by Crippen LogP contribution is 2.36. The van der Waals surface area contributed by atoms with Gasteiger partial charge in [0.05, 0.1) is 5.56 Å². The summed E-state index contributed by atoms with van der Waals surface area (Å²) in [6.07, 6.45) is 4.85. The van der Waals surface area contributed by atoms with Crippen LogP contribution in [0.2, 0.25) is 0 Å². The number of aryl methyl sites for hydroxylation is 1. The van der Waals surface area contributed by atoms with Gasteiger partial charge in [0.25, 0.3) is 5.91 Å². The number of aromatic hydroxyl groups is 1. The predicted molar refractivity (Wildman–Crippen MR) is 71.8 cm³/mol. The number of carbonyl (C=O) groups excluding carboxylic acids is 1. The molecule has 2 rings (SSSR count). The van der Waals surface area contributed by atoms with E-state index >= 15 is 0 Å². The zero-order chi connectivity index (χ0) is 13.2. The van der Waals surface area contributed by atoms with Crippen molar-refractivity contribution in [2.75, 3.05) is 6.54 Å². The van der Waals surface area contributed by atoms with Gasteiger partial charge in [-0.1, -0.05) is 31.9 Å². The van der Waals surface area contributed by atoms with E-state index in [0.717, 1.165) is 5.56 Å². The number of benzene rings is 1. The lowest BCUT2D eigenvalue weighted by molar-refractivity contribution is 0.0931. The summed E-state index contributed by atoms with van der Waals surface area (Å²) in [5.74, 6) is -0.0871. The molecule has 0 radical (unpaired) electrons. The molecule has 1 aliphatic rings. The zero-order valence-electron chi connectivity index (χ0n) is 11.1. The predicted octanol–water partition coefficient (Wildman–Crippen LogP) is 3.01. The van der Waals surface area contributed by atoms with Crippen LogP contribution in [0.3, 0.4) is 0 Å². The number of amides is 1. The monoisotopic (exact) mass is 247 g/mol. The van der Waals surface area contributed by atoms with Crippen molar-refractivity contribution in [1.82, 2.24) is 5.32 Å². The van der Waals surface area contributed by atoms with Crippen molar-refractivity contribution < 1.29 is 9.90 Å². The van der Waals surface area contributed by atoms with Crippen LogP contribution in [0, 0.1) is 12.3 Å². The van der Waals surface area contributed by atoms with Crippen molar-refractivity contribution in [2.24, 2.45) is 5.41 Å². The van der Waals surface area contributed by atoms with Gasteiger partial charge in [0.15, 0.2) is 0 Å². The Labute approximate surface area is 108 Å². The van der Waals surface area contributed by atoms with Crippen LogP contribution in [0.15, 0.2) is 18.2 Å². The molecule has 0 aliphatic heterocycles. The lowest BCUT2D eigenvalue weighted by atomic mass is 9.89. The molecule has 0 unspecified atom stereocenters. The summed E-state index contributed by atoms with van der Waals surface area (Å²) in [6.45, 7) is 4.71. The molecular weight excluding hydrogens is 226 g/mol. The Morgan fingerprint density at radius 1 is 1.39 bits per heavy atom. The van der Waals surface area contributed by atoms with Crippen LogP contribution >= 0.6 is 0 Å². The minimum Gasteiger partial charge on any atom is -0.507 e. The molecule has 98 valence electrons. The maximum absolute atomic E-state index is 12.0. The van der Waals surface area contributed by atoms with E-state index in [1.807, 2.05) is 0 Å². The molecular formula is C15H21NO2. The summed E-state index contributed by atoms with van der Waals surface area (Å²) in [6, 6.07) is 5.25. The molecule has 1 saturated carbocycles. The molecule has 0 saturated heterocycles. The highest BCUT2D eigenvalue weighted by atomic mass is 16.3. The Kier molecular flexibility index (Phi) is 3.60. The van der Waals surface area contributed by atoms with Crippen molar-refractivity contribution >= 4 is 5.91 Å². The van der Waals surface area contributed by atoms with Crippen molar-refractivity contribution in [3.8, 4) is 5.75 Å². The first-order valence-corrected chi connectivity index (χ1v) is 6.59. The average molecular weight is 247 g/mol. The number of carbonyl (C=O) groups is 1. The fourth-order valence-corrected chi connectivity index (χ4v) is 2.64. The Morgan fingerprint density at radius 3 is 2.72 bits per heavy atom. The second-order valence-corrected chi connectivity index (χ2v) is 5.67. The fraction of sp³-hybridized carbons (Fsp3) is 0.533. The summed E-state index contributed by atoms with van der Waals surface area (Å²) < 4.78 is 0. The van der Waals surface area contributed by atoms with Crippen molar-refractivity contribution in [3.05, 3.63) is 29.3 Å². The largest absolute Gasteiger partial charge is 0.507 e. The summed E-state index contributed by atoms with van der Waals surface area (Å²) in [5, 5.41) is 12.8. The minimum atomic E-state index is -0.177. The topological polar surface area (TPSA) is 49.3 Å². The normalized spacial score (nSPS) is 17.7. The SMILES string of the molecule is Cc1cccc(C(=O)NCC2(C)CCCC2)c1O. The molecule has 0 atom stereocenters. The number of hydrogen-bond donors (Lipinski definition) is 2. The molecule has 3 heteroatoms. The van der Waals surface area contributed by atoms with Crippen LogP contribution in [0.5, 0.6) is 5.75 Å². The highest BCUT2D eigenvalue weighted by Gasteiger charge is 2.29. The van der Waals surface area contributed by atoms with Gasteiger partial charge in [-0.2, -0.15) is 0 Å². The summed E-state index contributed by atoms with van der Waals surface area (Å²) in [5.41, 5.74) is 1.33. The van der Waals surface area contributed by atoms with Gasteiger partial charge >= 0.3 is 0 Å². The van der Waals surface area contributed by atoms with E-state index in [1.165, 1.54) is 25.7 Å². The smallest absolute Gasteiger partial charge is 0.255 e. The van der Waals surface area contributed by atoms with Crippen LogP contribution in [-0.2, 0) is 0 Å². The molecule has 1 aromatic carbocycles. The lowest BCUT2D eigenvalue weighted by Gasteiger charge is -2.23. The van der Waals surface area contributed by atoms with Gasteiger partial charge < -0.3 is 10.4 Å². The van der Waals surface area contributed by atoms with Gasteiger partial charge in [0.1, 0.15) is 5.75 Å². The average Bonchev–Trinajstić information content (AvgIpc) is 2.77. The number of para-hydroxylation sites is 1. The molecule has 2 N–H and O–H groups in total. The quantitative estimate of drug-likeness (QED) is 0.862. The molecule has 1 aliphatic carbocycles. The third-order valence-electron chi connectivity index (χ3n) is 3.97. The molecule has 1 aromatic rings. The molecule has 0 aromatic heterocycles. The first-order chi connectivity index (χ1) is 8.52. The van der Waals surface area contributed by atoms with Crippen molar-refractivity contribution in [3.63, 3.8) is 0 Å². The summed E-state index contributed by atoms with van der Waals surface area (Å²) >= 11 is 0. The van der Waals surface area contributed by atoms with Crippen LogP contribution in [0.1, 0.15) is 48.5 Å². The third-order valence-corrected chi connectivity index (χ3v) is 3.97. The fourth-order valence-electron chi connectivity index (χ4n) is 2.64. The van der Waals surface area contributed by atoms with Crippen LogP contribution < -0.4 is 5.32 Å². The van der Waals surface area contributed by atoms with Crippen LogP contribution in [-0.4, -0.2) is 17.6 Å². The maximum Gasteiger partial charge on any atom is 0.255 e. The van der Waals surface area contributed by atoms with E-state index < -0.39 is 0 Å². The van der Waals surface area contributed by atoms with Crippen LogP contribution in [0.4, 0.5) is 0 Å². The molecule has 0 spiro atoms. The number of hydrogen-bond acceptors (Lipinski definition) is 2. The number of nitrogens with one attached hydrogen (secondary N) is 1. The van der Waals surface area contributed by atoms with Gasteiger partial charge in [-0.15, -0.1) is 0 Å². The van der Waals surface area contributed by atoms with E-state index in [1.54, 1.807) is 25.1 Å². The molecule has 1 fully saturated rings. The van der Waals surface area contributed by atoms with Crippen LogP contribution in [0.25, 0.3) is 0 Å². The van der Waals surface area contributed by atoms with Crippen molar-refractivity contribution in [2.45, 2.75) is 39.5 Å². The lowest BCUT2D eigenvalue weighted by Crippen LogP contribution is -2.34. The van der Waals surface area contributed by atoms with E-state index in [4.69, 9.17) is 0 Å². The van der Waals surface area contributed by atoms with Crippen molar-refractivity contribution in [1.29, 1.82) is 0 Å². The minimum absolute atomic E-state index is 0.0894. The van der Waals surface area contributed by atoms with Gasteiger partial charge in [-0.25, -0.2) is 0 Å². The van der Waals surface area contributed by atoms with Gasteiger partial charge in [0, 0.05) is 6.54 Å². The summed E-state index contributed by atoms with van der Waals surface area (Å²) in [4.78, 5) is 12.0. The summed E-state index contributed by atoms with van der Waals surface area (Å²) in [7, 11) is 0. The Hall–Kier alpha value is -1.51. The Balaban J connectivity index is 2.01. The number of phenols is 1. The zero-order valence-corrected chi connectivity index (χ0v) is 11.1. The van der Waals surface area contributed by atoms with Gasteiger partial charge in [-0.3, -0.25) is 4.79 Å². The van der Waals surface area contributed by atoms with E-state index in [9.17, 15) is 9.90 Å².